The maximum Gasteiger partial charge on any atom is 0.331 e. The van der Waals surface area contributed by atoms with Crippen molar-refractivity contribution in [3.8, 4) is 0 Å². The summed E-state index contributed by atoms with van der Waals surface area (Å²) in [6.07, 6.45) is 1.57. The molecule has 1 N–H and O–H groups in total. The molecule has 1 aromatic carbocycles. The molecule has 0 radical (unpaired) electrons. The fraction of sp³-hybridized carbons (Fsp3) is 0.286. The highest BCUT2D eigenvalue weighted by Crippen LogP contribution is 2.15. The predicted octanol–water partition coefficient (Wildman–Crippen LogP) is 1.05. The highest BCUT2D eigenvalue weighted by Gasteiger charge is 2.29. The summed E-state index contributed by atoms with van der Waals surface area (Å²) >= 11 is 0. The van der Waals surface area contributed by atoms with E-state index in [1.54, 1.807) is 0 Å². The lowest BCUT2D eigenvalue weighted by Crippen LogP contribution is -2.52. The third-order valence-corrected chi connectivity index (χ3v) is 2.82. The Bertz CT molecular complexity index is 477. The van der Waals surface area contributed by atoms with Gasteiger partial charge in [-0.3, -0.25) is 4.90 Å². The number of hydrogen-bond acceptors (Lipinski definition) is 4. The Balaban J connectivity index is 1.69. The number of esters is 1. The SMILES string of the molecule is O=C(O)/C=C/C(=O)OC1CN(Cc2ccccc2)C1. The van der Waals surface area contributed by atoms with Crippen LogP contribution >= 0.6 is 0 Å². The zero-order valence-corrected chi connectivity index (χ0v) is 10.4. The highest BCUT2D eigenvalue weighted by molar-refractivity contribution is 5.90. The Morgan fingerprint density at radius 2 is 1.95 bits per heavy atom. The molecular weight excluding hydrogens is 246 g/mol. The average Bonchev–Trinajstić information content (AvgIpc) is 2.35. The van der Waals surface area contributed by atoms with Crippen LogP contribution in [0.5, 0.6) is 0 Å². The first-order valence-corrected chi connectivity index (χ1v) is 6.01. The molecule has 1 fully saturated rings. The Kier molecular flexibility index (Phi) is 4.30. The van der Waals surface area contributed by atoms with E-state index in [0.717, 1.165) is 18.7 Å². The number of nitrogens with zero attached hydrogens (tertiary/aromatic N) is 1. The smallest absolute Gasteiger partial charge is 0.331 e. The summed E-state index contributed by atoms with van der Waals surface area (Å²) in [4.78, 5) is 23.6. The Morgan fingerprint density at radius 1 is 1.26 bits per heavy atom. The number of hydrogen-bond donors (Lipinski definition) is 1. The third kappa shape index (κ3) is 4.22. The van der Waals surface area contributed by atoms with Gasteiger partial charge in [-0.15, -0.1) is 0 Å². The van der Waals surface area contributed by atoms with Crippen LogP contribution in [0.25, 0.3) is 0 Å². The number of likely N-dealkylation sites (tertiary alicyclic amines) is 1. The average molecular weight is 261 g/mol. The van der Waals surface area contributed by atoms with Crippen LogP contribution in [0.4, 0.5) is 0 Å². The molecule has 0 unspecified atom stereocenters. The molecule has 19 heavy (non-hydrogen) atoms. The van der Waals surface area contributed by atoms with E-state index in [2.05, 4.69) is 17.0 Å². The minimum atomic E-state index is -1.16. The third-order valence-electron chi connectivity index (χ3n) is 2.82. The van der Waals surface area contributed by atoms with Crippen molar-refractivity contribution in [1.82, 2.24) is 4.90 Å². The van der Waals surface area contributed by atoms with Crippen LogP contribution in [-0.2, 0) is 20.9 Å². The quantitative estimate of drug-likeness (QED) is 0.634. The number of rotatable bonds is 5. The summed E-state index contributed by atoms with van der Waals surface area (Å²) in [5.41, 5.74) is 1.22. The summed E-state index contributed by atoms with van der Waals surface area (Å²) in [7, 11) is 0. The fourth-order valence-electron chi connectivity index (χ4n) is 1.91. The molecule has 1 aliphatic heterocycles. The molecule has 1 heterocycles. The fourth-order valence-corrected chi connectivity index (χ4v) is 1.91. The van der Waals surface area contributed by atoms with E-state index in [-0.39, 0.29) is 6.10 Å². The van der Waals surface area contributed by atoms with Crippen LogP contribution in [0.1, 0.15) is 5.56 Å². The molecule has 0 bridgehead atoms. The van der Waals surface area contributed by atoms with Gasteiger partial charge in [0.15, 0.2) is 0 Å². The van der Waals surface area contributed by atoms with Gasteiger partial charge in [-0.05, 0) is 5.56 Å². The summed E-state index contributed by atoms with van der Waals surface area (Å²) in [6, 6.07) is 10.1. The maximum atomic E-state index is 11.2. The number of carboxylic acids is 1. The van der Waals surface area contributed by atoms with Crippen molar-refractivity contribution in [3.63, 3.8) is 0 Å². The minimum Gasteiger partial charge on any atom is -0.478 e. The van der Waals surface area contributed by atoms with Gasteiger partial charge in [-0.1, -0.05) is 30.3 Å². The van der Waals surface area contributed by atoms with Crippen LogP contribution < -0.4 is 0 Å². The number of aliphatic carboxylic acids is 1. The van der Waals surface area contributed by atoms with Crippen molar-refractivity contribution in [2.24, 2.45) is 0 Å². The highest BCUT2D eigenvalue weighted by atomic mass is 16.5. The van der Waals surface area contributed by atoms with E-state index in [1.807, 2.05) is 18.2 Å². The number of ether oxygens (including phenoxy) is 1. The molecule has 1 aliphatic rings. The lowest BCUT2D eigenvalue weighted by atomic mass is 10.1. The molecule has 100 valence electrons. The summed E-state index contributed by atoms with van der Waals surface area (Å²) in [5.74, 6) is -1.76. The molecule has 0 atom stereocenters. The zero-order valence-electron chi connectivity index (χ0n) is 10.4. The van der Waals surface area contributed by atoms with Gasteiger partial charge in [0.25, 0.3) is 0 Å². The monoisotopic (exact) mass is 261 g/mol. The van der Waals surface area contributed by atoms with Gasteiger partial charge >= 0.3 is 11.9 Å². The van der Waals surface area contributed by atoms with Gasteiger partial charge < -0.3 is 9.84 Å². The summed E-state index contributed by atoms with van der Waals surface area (Å²) in [5, 5.41) is 8.37. The first-order chi connectivity index (χ1) is 9.13. The van der Waals surface area contributed by atoms with E-state index >= 15 is 0 Å². The summed E-state index contributed by atoms with van der Waals surface area (Å²) < 4.78 is 5.07. The molecule has 1 saturated heterocycles. The van der Waals surface area contributed by atoms with Gasteiger partial charge in [-0.25, -0.2) is 9.59 Å². The standard InChI is InChI=1S/C14H15NO4/c16-13(17)6-7-14(18)19-12-9-15(10-12)8-11-4-2-1-3-5-11/h1-7,12H,8-10H2,(H,16,17)/b7-6+. The van der Waals surface area contributed by atoms with E-state index < -0.39 is 11.9 Å². The van der Waals surface area contributed by atoms with Crippen molar-refractivity contribution in [2.45, 2.75) is 12.6 Å². The first-order valence-electron chi connectivity index (χ1n) is 6.01. The lowest BCUT2D eigenvalue weighted by molar-refractivity contribution is -0.152. The molecular formula is C14H15NO4. The predicted molar refractivity (Wildman–Crippen MR) is 68.4 cm³/mol. The number of carboxylic acid groups (broad SMARTS) is 1. The van der Waals surface area contributed by atoms with Crippen molar-refractivity contribution >= 4 is 11.9 Å². The molecule has 0 saturated carbocycles. The van der Waals surface area contributed by atoms with E-state index in [9.17, 15) is 9.59 Å². The minimum absolute atomic E-state index is 0.144. The van der Waals surface area contributed by atoms with Crippen molar-refractivity contribution < 1.29 is 19.4 Å². The van der Waals surface area contributed by atoms with Crippen molar-refractivity contribution in [3.05, 3.63) is 48.0 Å². The van der Waals surface area contributed by atoms with Gasteiger partial charge in [0.05, 0.1) is 0 Å². The number of carbonyl (C=O) groups excluding carboxylic acids is 1. The molecule has 0 spiro atoms. The van der Waals surface area contributed by atoms with E-state index in [1.165, 1.54) is 5.56 Å². The number of benzene rings is 1. The van der Waals surface area contributed by atoms with Crippen LogP contribution in [0, 0.1) is 0 Å². The zero-order chi connectivity index (χ0) is 13.7. The second-order valence-corrected chi connectivity index (χ2v) is 4.41. The molecule has 5 heteroatoms. The van der Waals surface area contributed by atoms with Gasteiger partial charge in [0, 0.05) is 31.8 Å². The van der Waals surface area contributed by atoms with Gasteiger partial charge in [0.1, 0.15) is 6.10 Å². The summed E-state index contributed by atoms with van der Waals surface area (Å²) in [6.45, 7) is 2.20. The van der Waals surface area contributed by atoms with Crippen molar-refractivity contribution in [1.29, 1.82) is 0 Å². The van der Waals surface area contributed by atoms with Crippen LogP contribution in [0.3, 0.4) is 0 Å². The van der Waals surface area contributed by atoms with Crippen LogP contribution in [0.15, 0.2) is 42.5 Å². The van der Waals surface area contributed by atoms with Crippen LogP contribution in [0.2, 0.25) is 0 Å². The first kappa shape index (κ1) is 13.3. The second-order valence-electron chi connectivity index (χ2n) is 4.41. The molecule has 5 nitrogen and oxygen atoms in total. The molecule has 0 aliphatic carbocycles. The Hall–Kier alpha value is -2.14. The maximum absolute atomic E-state index is 11.2. The second kappa shape index (κ2) is 6.15. The molecule has 2 rings (SSSR count). The molecule has 0 amide bonds. The topological polar surface area (TPSA) is 66.8 Å². The van der Waals surface area contributed by atoms with E-state index in [0.29, 0.717) is 13.1 Å². The number of carbonyl (C=O) groups is 2. The normalized spacial score (nSPS) is 16.2. The molecule has 0 aromatic heterocycles. The van der Waals surface area contributed by atoms with Gasteiger partial charge in [-0.2, -0.15) is 0 Å². The van der Waals surface area contributed by atoms with Gasteiger partial charge in [0.2, 0.25) is 0 Å². The molecule has 1 aromatic rings. The Labute approximate surface area is 111 Å². The van der Waals surface area contributed by atoms with Crippen molar-refractivity contribution in [2.75, 3.05) is 13.1 Å². The largest absolute Gasteiger partial charge is 0.478 e. The lowest BCUT2D eigenvalue weighted by Gasteiger charge is -2.38. The van der Waals surface area contributed by atoms with Crippen LogP contribution in [-0.4, -0.2) is 41.1 Å². The van der Waals surface area contributed by atoms with E-state index in [4.69, 9.17) is 9.84 Å². The Morgan fingerprint density at radius 3 is 2.58 bits per heavy atom.